The van der Waals surface area contributed by atoms with E-state index in [1.165, 1.54) is 0 Å². The predicted octanol–water partition coefficient (Wildman–Crippen LogP) is -3.47. The molecule has 0 atom stereocenters. The number of hydrogen-bond donors (Lipinski definition) is 3. The fourth-order valence-corrected chi connectivity index (χ4v) is 0. The van der Waals surface area contributed by atoms with Gasteiger partial charge >= 0.3 is 25.2 Å². The van der Waals surface area contributed by atoms with Crippen molar-refractivity contribution in [1.29, 1.82) is 0 Å². The van der Waals surface area contributed by atoms with Crippen LogP contribution in [0.15, 0.2) is 0 Å². The zero-order valence-electron chi connectivity index (χ0n) is 7.07. The molecule has 0 heterocycles. The molecule has 0 saturated carbocycles. The van der Waals surface area contributed by atoms with E-state index < -0.39 is 33.9 Å². The Morgan fingerprint density at radius 2 is 0.812 bits per heavy atom. The minimum atomic E-state index is -4.64. The topological polar surface area (TPSA) is 230 Å². The van der Waals surface area contributed by atoms with E-state index in [0.29, 0.717) is 0 Å². The molecule has 0 radical (unpaired) electrons. The summed E-state index contributed by atoms with van der Waals surface area (Å²) in [5.41, 5.74) is 0. The fourth-order valence-electron chi connectivity index (χ4n) is 0. The van der Waals surface area contributed by atoms with Gasteiger partial charge in [-0.1, -0.05) is 0 Å². The molecule has 0 spiro atoms. The van der Waals surface area contributed by atoms with Gasteiger partial charge in [-0.3, -0.25) is 13.7 Å². The predicted molar refractivity (Wildman–Crippen MR) is 46.5 cm³/mol. The van der Waals surface area contributed by atoms with Gasteiger partial charge in [-0.15, -0.1) is 0 Å². The quantitative estimate of drug-likeness (QED) is 0.293. The van der Waals surface area contributed by atoms with Crippen molar-refractivity contribution in [3.8, 4) is 0 Å². The van der Waals surface area contributed by atoms with Crippen molar-refractivity contribution < 1.29 is 53.1 Å². The summed E-state index contributed by atoms with van der Waals surface area (Å²) in [6.45, 7) is 0. The summed E-state index contributed by atoms with van der Waals surface area (Å²) in [5, 5.41) is 0. The maximum absolute atomic E-state index is 8.88. The number of hydrogen-bond acceptors (Lipinski definition) is 7. The summed E-state index contributed by atoms with van der Waals surface area (Å²) in [6.07, 6.45) is 0. The van der Waals surface area contributed by atoms with Gasteiger partial charge in [0.05, 0.1) is 26.1 Å². The summed E-state index contributed by atoms with van der Waals surface area (Å²) >= 11 is 0. The van der Waals surface area contributed by atoms with Gasteiger partial charge in [0, 0.05) is 0 Å². The van der Waals surface area contributed by atoms with Crippen LogP contribution in [0.2, 0.25) is 0 Å². The van der Waals surface area contributed by atoms with E-state index >= 15 is 0 Å². The molecule has 0 amide bonds. The first-order chi connectivity index (χ1) is 6.24. The second-order valence-electron chi connectivity index (χ2n) is 0.737. The van der Waals surface area contributed by atoms with Crippen LogP contribution in [0, 0.1) is 0 Å². The smallest absolute Gasteiger partial charge is 0.772 e. The third-order valence-electron chi connectivity index (χ3n) is 0. The van der Waals surface area contributed by atoms with Gasteiger partial charge in [0.15, 0.2) is 0 Å². The molecule has 0 aromatic carbocycles. The van der Waals surface area contributed by atoms with Gasteiger partial charge in [0.2, 0.25) is 0 Å². The fraction of sp³-hybridized carbons (Fsp3) is 0. The van der Waals surface area contributed by atoms with Crippen molar-refractivity contribution in [3.05, 3.63) is 0 Å². The molecule has 0 aliphatic rings. The Morgan fingerprint density at radius 3 is 0.812 bits per heavy atom. The van der Waals surface area contributed by atoms with E-state index in [9.17, 15) is 0 Å². The molecule has 0 aromatic heterocycles. The summed E-state index contributed by atoms with van der Waals surface area (Å²) in [4.78, 5) is 46.6. The first-order valence-electron chi connectivity index (χ1n) is 1.88. The molecule has 16 heteroatoms. The van der Waals surface area contributed by atoms with E-state index in [1.54, 1.807) is 0 Å². The van der Waals surface area contributed by atoms with Crippen LogP contribution in [-0.4, -0.2) is 37.5 Å². The van der Waals surface area contributed by atoms with Crippen LogP contribution in [0.5, 0.6) is 0 Å². The zero-order chi connectivity index (χ0) is 12.6. The van der Waals surface area contributed by atoms with Crippen LogP contribution in [0.3, 0.4) is 0 Å². The molecular formula is H5AlO11P4. The monoisotopic (exact) mass is 332 g/mol. The van der Waals surface area contributed by atoms with Crippen LogP contribution in [-0.2, 0) is 18.3 Å². The summed E-state index contributed by atoms with van der Waals surface area (Å²) in [5.74, 6) is 0. The second kappa shape index (κ2) is 36.0. The molecule has 0 fully saturated rings. The SMILES string of the molecule is O.O=P(O)(O)O.O=P[O-].O=P[O-].O=P[O-].[Al+3]. The Morgan fingerprint density at radius 1 is 0.812 bits per heavy atom. The van der Waals surface area contributed by atoms with E-state index in [-0.39, 0.29) is 22.8 Å². The van der Waals surface area contributed by atoms with Crippen molar-refractivity contribution in [3.63, 3.8) is 0 Å². The molecular weight excluding hydrogens is 327 g/mol. The van der Waals surface area contributed by atoms with Crippen LogP contribution < -0.4 is 14.7 Å². The molecule has 0 aromatic rings. The van der Waals surface area contributed by atoms with E-state index in [1.807, 2.05) is 0 Å². The molecule has 0 aliphatic heterocycles. The maximum atomic E-state index is 8.88. The van der Waals surface area contributed by atoms with Gasteiger partial charge in [-0.2, -0.15) is 0 Å². The van der Waals surface area contributed by atoms with Crippen LogP contribution >= 0.6 is 33.9 Å². The average Bonchev–Trinajstić information content (AvgIpc) is 1.86. The Hall–Kier alpha value is 0.782. The number of phosphoric acid groups is 1. The first kappa shape index (κ1) is 36.0. The molecule has 94 valence electrons. The summed E-state index contributed by atoms with van der Waals surface area (Å²) in [6, 6.07) is 0. The minimum Gasteiger partial charge on any atom is -0.772 e. The Balaban J connectivity index is -0.0000000206. The third kappa shape index (κ3) is 4590. The van der Waals surface area contributed by atoms with Crippen molar-refractivity contribution in [2.75, 3.05) is 0 Å². The van der Waals surface area contributed by atoms with E-state index in [2.05, 4.69) is 0 Å². The average molecular weight is 332 g/mol. The van der Waals surface area contributed by atoms with Gasteiger partial charge in [0.25, 0.3) is 0 Å². The van der Waals surface area contributed by atoms with Crippen LogP contribution in [0.1, 0.15) is 0 Å². The summed E-state index contributed by atoms with van der Waals surface area (Å²) < 4.78 is 33.9. The van der Waals surface area contributed by atoms with Gasteiger partial charge < -0.3 is 34.8 Å². The van der Waals surface area contributed by atoms with Crippen molar-refractivity contribution in [2.45, 2.75) is 0 Å². The Labute approximate surface area is 105 Å². The van der Waals surface area contributed by atoms with E-state index in [0.717, 1.165) is 0 Å². The summed E-state index contributed by atoms with van der Waals surface area (Å²) in [7, 11) is -7.89. The zero-order valence-corrected chi connectivity index (χ0v) is 11.8. The molecule has 0 rings (SSSR count). The largest absolute Gasteiger partial charge is 3.00 e. The molecule has 0 saturated heterocycles. The maximum Gasteiger partial charge on any atom is 3.00 e. The van der Waals surface area contributed by atoms with Crippen LogP contribution in [0.25, 0.3) is 0 Å². The second-order valence-corrected chi connectivity index (χ2v) is 2.21. The minimum absolute atomic E-state index is 0. The third-order valence-corrected chi connectivity index (χ3v) is 0. The van der Waals surface area contributed by atoms with Crippen LogP contribution in [0.4, 0.5) is 0 Å². The van der Waals surface area contributed by atoms with Crippen molar-refractivity contribution in [2.24, 2.45) is 0 Å². The van der Waals surface area contributed by atoms with Gasteiger partial charge in [-0.25, -0.2) is 4.57 Å². The molecule has 16 heavy (non-hydrogen) atoms. The first-order valence-corrected chi connectivity index (χ1v) is 5.63. The normalized spacial score (nSPS) is 7.62. The number of rotatable bonds is 0. The molecule has 11 nitrogen and oxygen atoms in total. The standard InChI is InChI=1S/Al.H3O4P.3HO2P.H2O/c;1-5(2,3)4;3*1-3-2;/h;(H3,1,2,3,4);3*(H,1,2);1H2/q+3;;;;;/p-3. The van der Waals surface area contributed by atoms with Crippen molar-refractivity contribution >= 4 is 51.2 Å². The molecule has 0 aliphatic carbocycles. The molecule has 0 bridgehead atoms. The Kier molecular flexibility index (Phi) is 81.0. The molecule has 0 unspecified atom stereocenters. The molecule has 5 N–H and O–H groups in total. The van der Waals surface area contributed by atoms with Crippen molar-refractivity contribution in [1.82, 2.24) is 0 Å². The van der Waals surface area contributed by atoms with Gasteiger partial charge in [-0.05, 0) is 0 Å². The van der Waals surface area contributed by atoms with Gasteiger partial charge in [0.1, 0.15) is 0 Å². The van der Waals surface area contributed by atoms with E-state index in [4.69, 9.17) is 47.6 Å². The Bertz CT molecular complexity index is 139.